The van der Waals surface area contributed by atoms with Crippen LogP contribution in [0.3, 0.4) is 0 Å². The molecule has 0 saturated heterocycles. The van der Waals surface area contributed by atoms with Gasteiger partial charge in [0.1, 0.15) is 11.5 Å². The van der Waals surface area contributed by atoms with Crippen LogP contribution in [0.25, 0.3) is 5.76 Å². The van der Waals surface area contributed by atoms with Gasteiger partial charge in [0, 0.05) is 12.0 Å². The van der Waals surface area contributed by atoms with Crippen LogP contribution in [-0.4, -0.2) is 0 Å². The number of allylic oxidation sites excluding steroid dienone is 1. The lowest BCUT2D eigenvalue weighted by Gasteiger charge is -2.20. The molecule has 0 amide bonds. The standard InChI is InChI=1S/C11H10O/c1-8-7-10-5-3-4-6-11(10)9(2)12-8/h3-6H,1-2,7H2. The molecule has 1 aromatic carbocycles. The highest BCUT2D eigenvalue weighted by molar-refractivity contribution is 5.64. The summed E-state index contributed by atoms with van der Waals surface area (Å²) >= 11 is 0. The summed E-state index contributed by atoms with van der Waals surface area (Å²) in [4.78, 5) is 0. The summed E-state index contributed by atoms with van der Waals surface area (Å²) in [5.41, 5.74) is 2.35. The molecular formula is C11H10O. The molecule has 0 radical (unpaired) electrons. The second kappa shape index (κ2) is 2.52. The number of hydrogen-bond donors (Lipinski definition) is 0. The van der Waals surface area contributed by atoms with Gasteiger partial charge in [-0.15, -0.1) is 0 Å². The van der Waals surface area contributed by atoms with Gasteiger partial charge in [0.25, 0.3) is 0 Å². The summed E-state index contributed by atoms with van der Waals surface area (Å²) in [6.45, 7) is 7.60. The van der Waals surface area contributed by atoms with Crippen molar-refractivity contribution in [1.29, 1.82) is 0 Å². The Morgan fingerprint density at radius 3 is 2.75 bits per heavy atom. The molecule has 0 saturated carbocycles. The minimum absolute atomic E-state index is 0.710. The van der Waals surface area contributed by atoms with Gasteiger partial charge in [-0.05, 0) is 5.56 Å². The highest BCUT2D eigenvalue weighted by Gasteiger charge is 2.14. The summed E-state index contributed by atoms with van der Waals surface area (Å²) in [7, 11) is 0. The Bertz CT molecular complexity index is 350. The molecule has 0 atom stereocenters. The largest absolute Gasteiger partial charge is 0.462 e. The van der Waals surface area contributed by atoms with Gasteiger partial charge in [0.2, 0.25) is 0 Å². The van der Waals surface area contributed by atoms with Crippen LogP contribution in [0.5, 0.6) is 0 Å². The predicted molar refractivity (Wildman–Crippen MR) is 49.4 cm³/mol. The Morgan fingerprint density at radius 1 is 1.17 bits per heavy atom. The third kappa shape index (κ3) is 1.03. The first-order valence-corrected chi connectivity index (χ1v) is 3.90. The molecular weight excluding hydrogens is 148 g/mol. The first kappa shape index (κ1) is 7.17. The van der Waals surface area contributed by atoms with Crippen molar-refractivity contribution in [2.75, 3.05) is 0 Å². The van der Waals surface area contributed by atoms with Crippen molar-refractivity contribution < 1.29 is 4.74 Å². The van der Waals surface area contributed by atoms with Crippen LogP contribution in [0.4, 0.5) is 0 Å². The topological polar surface area (TPSA) is 9.23 Å². The summed E-state index contributed by atoms with van der Waals surface area (Å²) in [5.74, 6) is 1.49. The van der Waals surface area contributed by atoms with Crippen LogP contribution in [0.2, 0.25) is 0 Å². The van der Waals surface area contributed by atoms with Gasteiger partial charge in [-0.1, -0.05) is 37.4 Å². The molecule has 0 N–H and O–H groups in total. The van der Waals surface area contributed by atoms with E-state index in [0.717, 1.165) is 17.7 Å². The van der Waals surface area contributed by atoms with Crippen molar-refractivity contribution in [2.24, 2.45) is 0 Å². The van der Waals surface area contributed by atoms with Crippen LogP contribution in [0, 0.1) is 0 Å². The maximum atomic E-state index is 5.32. The molecule has 2 rings (SSSR count). The SMILES string of the molecule is C=C1Cc2ccccc2C(=C)O1. The van der Waals surface area contributed by atoms with Crippen molar-refractivity contribution in [3.05, 3.63) is 54.3 Å². The van der Waals surface area contributed by atoms with E-state index in [-0.39, 0.29) is 0 Å². The minimum atomic E-state index is 0.710. The summed E-state index contributed by atoms with van der Waals surface area (Å²) < 4.78 is 5.32. The normalized spacial score (nSPS) is 15.3. The molecule has 0 aromatic heterocycles. The molecule has 1 nitrogen and oxygen atoms in total. The number of ether oxygens (including phenoxy) is 1. The smallest absolute Gasteiger partial charge is 0.127 e. The first-order valence-electron chi connectivity index (χ1n) is 3.90. The second-order valence-electron chi connectivity index (χ2n) is 2.90. The van der Waals surface area contributed by atoms with Gasteiger partial charge in [0.05, 0.1) is 0 Å². The zero-order chi connectivity index (χ0) is 8.55. The van der Waals surface area contributed by atoms with Crippen molar-refractivity contribution in [1.82, 2.24) is 0 Å². The molecule has 0 bridgehead atoms. The quantitative estimate of drug-likeness (QED) is 0.564. The monoisotopic (exact) mass is 158 g/mol. The van der Waals surface area contributed by atoms with E-state index in [2.05, 4.69) is 19.2 Å². The molecule has 0 aliphatic carbocycles. The fraction of sp³-hybridized carbons (Fsp3) is 0.0909. The Kier molecular flexibility index (Phi) is 1.51. The molecule has 1 heteroatoms. The maximum absolute atomic E-state index is 5.32. The van der Waals surface area contributed by atoms with Gasteiger partial charge in [-0.25, -0.2) is 0 Å². The van der Waals surface area contributed by atoms with E-state index < -0.39 is 0 Å². The van der Waals surface area contributed by atoms with Crippen LogP contribution in [0.15, 0.2) is 43.2 Å². The first-order chi connectivity index (χ1) is 5.77. The van der Waals surface area contributed by atoms with Crippen LogP contribution in [0.1, 0.15) is 11.1 Å². The van der Waals surface area contributed by atoms with Crippen molar-refractivity contribution in [2.45, 2.75) is 6.42 Å². The fourth-order valence-electron chi connectivity index (χ4n) is 1.42. The number of fused-ring (bicyclic) bond motifs is 1. The second-order valence-corrected chi connectivity index (χ2v) is 2.90. The predicted octanol–water partition coefficient (Wildman–Crippen LogP) is 2.74. The van der Waals surface area contributed by atoms with Crippen LogP contribution >= 0.6 is 0 Å². The summed E-state index contributed by atoms with van der Waals surface area (Å²) in [6.07, 6.45) is 0.801. The van der Waals surface area contributed by atoms with E-state index in [9.17, 15) is 0 Å². The molecule has 1 aromatic rings. The lowest BCUT2D eigenvalue weighted by Crippen LogP contribution is -2.05. The third-order valence-corrected chi connectivity index (χ3v) is 1.97. The molecule has 1 aliphatic rings. The fourth-order valence-corrected chi connectivity index (χ4v) is 1.42. The van der Waals surface area contributed by atoms with E-state index in [4.69, 9.17) is 4.74 Å². The average molecular weight is 158 g/mol. The van der Waals surface area contributed by atoms with E-state index in [0.29, 0.717) is 5.76 Å². The summed E-state index contributed by atoms with van der Waals surface area (Å²) in [6, 6.07) is 8.10. The molecule has 12 heavy (non-hydrogen) atoms. The minimum Gasteiger partial charge on any atom is -0.462 e. The molecule has 0 unspecified atom stereocenters. The van der Waals surface area contributed by atoms with E-state index in [1.807, 2.05) is 18.2 Å². The van der Waals surface area contributed by atoms with E-state index >= 15 is 0 Å². The van der Waals surface area contributed by atoms with Crippen LogP contribution < -0.4 is 0 Å². The van der Waals surface area contributed by atoms with Gasteiger partial charge in [-0.3, -0.25) is 0 Å². The number of rotatable bonds is 0. The van der Waals surface area contributed by atoms with Gasteiger partial charge < -0.3 is 4.74 Å². The molecule has 0 spiro atoms. The van der Waals surface area contributed by atoms with E-state index in [1.54, 1.807) is 0 Å². The average Bonchev–Trinajstić information content (AvgIpc) is 2.04. The lowest BCUT2D eigenvalue weighted by molar-refractivity contribution is 0.364. The van der Waals surface area contributed by atoms with Gasteiger partial charge in [-0.2, -0.15) is 0 Å². The van der Waals surface area contributed by atoms with Crippen molar-refractivity contribution in [3.63, 3.8) is 0 Å². The van der Waals surface area contributed by atoms with Crippen molar-refractivity contribution >= 4 is 5.76 Å². The molecule has 0 fully saturated rings. The Labute approximate surface area is 72.0 Å². The van der Waals surface area contributed by atoms with Crippen molar-refractivity contribution in [3.8, 4) is 0 Å². The number of hydrogen-bond acceptors (Lipinski definition) is 1. The molecule has 1 aliphatic heterocycles. The molecule has 1 heterocycles. The zero-order valence-corrected chi connectivity index (χ0v) is 6.84. The third-order valence-electron chi connectivity index (χ3n) is 1.97. The van der Waals surface area contributed by atoms with E-state index in [1.165, 1.54) is 5.56 Å². The Morgan fingerprint density at radius 2 is 1.92 bits per heavy atom. The highest BCUT2D eigenvalue weighted by atomic mass is 16.5. The number of benzene rings is 1. The lowest BCUT2D eigenvalue weighted by atomic mass is 10.0. The Hall–Kier alpha value is -1.50. The molecule has 60 valence electrons. The van der Waals surface area contributed by atoms with Crippen LogP contribution in [-0.2, 0) is 11.2 Å². The summed E-state index contributed by atoms with van der Waals surface area (Å²) in [5, 5.41) is 0. The maximum Gasteiger partial charge on any atom is 0.127 e. The zero-order valence-electron chi connectivity index (χ0n) is 6.84. The highest BCUT2D eigenvalue weighted by Crippen LogP contribution is 2.28. The Balaban J connectivity index is 2.54. The van der Waals surface area contributed by atoms with Gasteiger partial charge >= 0.3 is 0 Å². The van der Waals surface area contributed by atoms with Gasteiger partial charge in [0.15, 0.2) is 0 Å².